The first-order valence-electron chi connectivity index (χ1n) is 9.91. The fourth-order valence-electron chi connectivity index (χ4n) is 3.23. The molecule has 30 heavy (non-hydrogen) atoms. The summed E-state index contributed by atoms with van der Waals surface area (Å²) in [5, 5.41) is 11.6. The van der Waals surface area contributed by atoms with Crippen LogP contribution in [-0.4, -0.2) is 64.9 Å². The maximum Gasteiger partial charge on any atom is 0.243 e. The van der Waals surface area contributed by atoms with Gasteiger partial charge < -0.3 is 14.6 Å². The molecule has 1 atom stereocenters. The molecule has 0 radical (unpaired) electrons. The Labute approximate surface area is 180 Å². The van der Waals surface area contributed by atoms with Gasteiger partial charge in [0.1, 0.15) is 5.82 Å². The van der Waals surface area contributed by atoms with Gasteiger partial charge in [-0.2, -0.15) is 4.31 Å². The quantitative estimate of drug-likeness (QED) is 0.640. The van der Waals surface area contributed by atoms with Crippen molar-refractivity contribution in [2.75, 3.05) is 31.6 Å². The van der Waals surface area contributed by atoms with E-state index in [9.17, 15) is 13.2 Å². The minimum Gasteiger partial charge on any atom is -0.379 e. The maximum absolute atomic E-state index is 12.7. The summed E-state index contributed by atoms with van der Waals surface area (Å²) in [5.41, 5.74) is 0.546. The fourth-order valence-corrected chi connectivity index (χ4v) is 5.46. The molecule has 2 fully saturated rings. The van der Waals surface area contributed by atoms with E-state index >= 15 is 0 Å². The van der Waals surface area contributed by atoms with Crippen molar-refractivity contribution < 1.29 is 17.9 Å². The molecule has 0 bridgehead atoms. The van der Waals surface area contributed by atoms with E-state index in [1.165, 1.54) is 28.2 Å². The normalized spacial score (nSPS) is 18.9. The standard InChI is InChI=1S/C19H25N5O4S2/c1-13(29-19-22-21-17(23(19)2)14-3-4-14)18(25)20-15-5-7-16(8-6-15)30(26,27)24-9-11-28-12-10-24/h5-8,13-14H,3-4,9-12H2,1-2H3,(H,20,25)/t13-/m0/s1. The number of thioether (sulfide) groups is 1. The lowest BCUT2D eigenvalue weighted by molar-refractivity contribution is -0.115. The second kappa shape index (κ2) is 8.66. The highest BCUT2D eigenvalue weighted by Gasteiger charge is 2.30. The van der Waals surface area contributed by atoms with Gasteiger partial charge in [0.2, 0.25) is 15.9 Å². The van der Waals surface area contributed by atoms with Crippen LogP contribution in [0.3, 0.4) is 0 Å². The number of rotatable bonds is 7. The Bertz CT molecular complexity index is 1010. The number of amides is 1. The molecule has 2 aliphatic rings. The monoisotopic (exact) mass is 451 g/mol. The molecule has 1 saturated heterocycles. The number of hydrogen-bond donors (Lipinski definition) is 1. The first-order chi connectivity index (χ1) is 14.4. The van der Waals surface area contributed by atoms with Gasteiger partial charge in [0.05, 0.1) is 23.4 Å². The largest absolute Gasteiger partial charge is 0.379 e. The van der Waals surface area contributed by atoms with Gasteiger partial charge in [0, 0.05) is 31.7 Å². The first-order valence-corrected chi connectivity index (χ1v) is 12.2. The third kappa shape index (κ3) is 4.53. The van der Waals surface area contributed by atoms with E-state index in [1.807, 2.05) is 18.5 Å². The Hall–Kier alpha value is -1.95. The number of aromatic nitrogens is 3. The summed E-state index contributed by atoms with van der Waals surface area (Å²) >= 11 is 1.35. The van der Waals surface area contributed by atoms with Crippen LogP contribution in [0.4, 0.5) is 5.69 Å². The molecule has 1 aliphatic carbocycles. The second-order valence-corrected chi connectivity index (χ2v) is 10.7. The molecule has 2 heterocycles. The molecule has 4 rings (SSSR count). The number of anilines is 1. The van der Waals surface area contributed by atoms with Gasteiger partial charge >= 0.3 is 0 Å². The van der Waals surface area contributed by atoms with Crippen molar-refractivity contribution in [3.63, 3.8) is 0 Å². The molecule has 1 aliphatic heterocycles. The third-order valence-electron chi connectivity index (χ3n) is 5.19. The van der Waals surface area contributed by atoms with Crippen molar-refractivity contribution in [2.45, 2.75) is 41.0 Å². The molecule has 0 unspecified atom stereocenters. The Kier molecular flexibility index (Phi) is 6.14. The van der Waals surface area contributed by atoms with Gasteiger partial charge in [-0.3, -0.25) is 4.79 Å². The van der Waals surface area contributed by atoms with Crippen LogP contribution in [0.25, 0.3) is 0 Å². The van der Waals surface area contributed by atoms with Gasteiger partial charge in [-0.1, -0.05) is 11.8 Å². The molecule has 162 valence electrons. The molecule has 1 aromatic carbocycles. The molecular formula is C19H25N5O4S2. The average molecular weight is 452 g/mol. The molecule has 1 aromatic heterocycles. The molecule has 1 saturated carbocycles. The number of nitrogens with zero attached hydrogens (tertiary/aromatic N) is 4. The van der Waals surface area contributed by atoms with Crippen LogP contribution in [0.5, 0.6) is 0 Å². The zero-order valence-corrected chi connectivity index (χ0v) is 18.6. The molecule has 0 spiro atoms. The SMILES string of the molecule is C[C@H](Sc1nnc(C2CC2)n1C)C(=O)Nc1ccc(S(=O)(=O)N2CCOCC2)cc1. The van der Waals surface area contributed by atoms with Crippen molar-refractivity contribution >= 4 is 33.4 Å². The van der Waals surface area contributed by atoms with Gasteiger partial charge in [0.25, 0.3) is 0 Å². The molecular weight excluding hydrogens is 426 g/mol. The van der Waals surface area contributed by atoms with Crippen LogP contribution in [0.2, 0.25) is 0 Å². The van der Waals surface area contributed by atoms with Crippen LogP contribution in [0.15, 0.2) is 34.3 Å². The predicted molar refractivity (Wildman–Crippen MR) is 113 cm³/mol. The Balaban J connectivity index is 1.37. The molecule has 11 heteroatoms. The highest BCUT2D eigenvalue weighted by atomic mass is 32.2. The van der Waals surface area contributed by atoms with Gasteiger partial charge in [-0.25, -0.2) is 8.42 Å². The number of carbonyl (C=O) groups excluding carboxylic acids is 1. The van der Waals surface area contributed by atoms with E-state index in [0.29, 0.717) is 43.1 Å². The summed E-state index contributed by atoms with van der Waals surface area (Å²) in [5.74, 6) is 1.29. The number of nitrogens with one attached hydrogen (secondary N) is 1. The van der Waals surface area contributed by atoms with E-state index < -0.39 is 10.0 Å². The Morgan fingerprint density at radius 3 is 2.50 bits per heavy atom. The lowest BCUT2D eigenvalue weighted by Crippen LogP contribution is -2.40. The van der Waals surface area contributed by atoms with Crippen LogP contribution in [-0.2, 0) is 26.6 Å². The van der Waals surface area contributed by atoms with Crippen LogP contribution in [0.1, 0.15) is 31.5 Å². The topological polar surface area (TPSA) is 106 Å². The van der Waals surface area contributed by atoms with E-state index in [2.05, 4.69) is 15.5 Å². The number of benzene rings is 1. The molecule has 2 aromatic rings. The first kappa shape index (κ1) is 21.3. The summed E-state index contributed by atoms with van der Waals surface area (Å²) in [6, 6.07) is 6.25. The smallest absolute Gasteiger partial charge is 0.243 e. The van der Waals surface area contributed by atoms with E-state index in [0.717, 1.165) is 18.7 Å². The minimum absolute atomic E-state index is 0.181. The lowest BCUT2D eigenvalue weighted by Gasteiger charge is -2.26. The maximum atomic E-state index is 12.7. The number of hydrogen-bond acceptors (Lipinski definition) is 7. The van der Waals surface area contributed by atoms with Crippen molar-refractivity contribution in [3.05, 3.63) is 30.1 Å². The number of morpholine rings is 1. The van der Waals surface area contributed by atoms with E-state index in [-0.39, 0.29) is 16.1 Å². The average Bonchev–Trinajstić information content (AvgIpc) is 3.53. The zero-order chi connectivity index (χ0) is 21.3. The summed E-state index contributed by atoms with van der Waals surface area (Å²) in [7, 11) is -1.63. The zero-order valence-electron chi connectivity index (χ0n) is 16.9. The lowest BCUT2D eigenvalue weighted by atomic mass is 10.3. The van der Waals surface area contributed by atoms with Crippen LogP contribution in [0, 0.1) is 0 Å². The van der Waals surface area contributed by atoms with Crippen molar-refractivity contribution in [1.29, 1.82) is 0 Å². The summed E-state index contributed by atoms with van der Waals surface area (Å²) < 4.78 is 34.0. The Morgan fingerprint density at radius 2 is 1.87 bits per heavy atom. The second-order valence-electron chi connectivity index (χ2n) is 7.46. The van der Waals surface area contributed by atoms with Gasteiger partial charge in [-0.15, -0.1) is 10.2 Å². The van der Waals surface area contributed by atoms with E-state index in [1.54, 1.807) is 12.1 Å². The highest BCUT2D eigenvalue weighted by Crippen LogP contribution is 2.39. The summed E-state index contributed by atoms with van der Waals surface area (Å²) in [4.78, 5) is 12.8. The molecule has 9 nitrogen and oxygen atoms in total. The molecule has 1 amide bonds. The summed E-state index contributed by atoms with van der Waals surface area (Å²) in [6.07, 6.45) is 2.29. The highest BCUT2D eigenvalue weighted by molar-refractivity contribution is 8.00. The van der Waals surface area contributed by atoms with Gasteiger partial charge in [0.15, 0.2) is 5.16 Å². The fraction of sp³-hybridized carbons (Fsp3) is 0.526. The van der Waals surface area contributed by atoms with Crippen molar-refractivity contribution in [3.8, 4) is 0 Å². The van der Waals surface area contributed by atoms with Gasteiger partial charge in [-0.05, 0) is 44.0 Å². The van der Waals surface area contributed by atoms with Crippen molar-refractivity contribution in [2.24, 2.45) is 7.05 Å². The predicted octanol–water partition coefficient (Wildman–Crippen LogP) is 1.83. The van der Waals surface area contributed by atoms with Crippen molar-refractivity contribution in [1.82, 2.24) is 19.1 Å². The van der Waals surface area contributed by atoms with Crippen LogP contribution >= 0.6 is 11.8 Å². The molecule has 1 N–H and O–H groups in total. The Morgan fingerprint density at radius 1 is 1.20 bits per heavy atom. The summed E-state index contributed by atoms with van der Waals surface area (Å²) in [6.45, 7) is 3.30. The third-order valence-corrected chi connectivity index (χ3v) is 8.24. The van der Waals surface area contributed by atoms with Crippen LogP contribution < -0.4 is 5.32 Å². The number of sulfonamides is 1. The number of ether oxygens (including phenoxy) is 1. The van der Waals surface area contributed by atoms with E-state index in [4.69, 9.17) is 4.74 Å². The number of carbonyl (C=O) groups is 1. The minimum atomic E-state index is -3.55.